The van der Waals surface area contributed by atoms with Crippen molar-refractivity contribution in [3.05, 3.63) is 41.8 Å². The van der Waals surface area contributed by atoms with Crippen LogP contribution in [0, 0.1) is 6.42 Å². The van der Waals surface area contributed by atoms with Crippen molar-refractivity contribution < 1.29 is 4.74 Å². The number of rotatable bonds is 3. The molecule has 1 aromatic rings. The normalized spacial score (nSPS) is 13.0. The lowest BCUT2D eigenvalue weighted by molar-refractivity contribution is 0.317. The zero-order valence-corrected chi connectivity index (χ0v) is 7.79. The summed E-state index contributed by atoms with van der Waals surface area (Å²) in [4.78, 5) is 0. The molecule has 0 fully saturated rings. The van der Waals surface area contributed by atoms with E-state index in [4.69, 9.17) is 4.74 Å². The number of hydrogen-bond donors (Lipinski definition) is 0. The van der Waals surface area contributed by atoms with Crippen LogP contribution < -0.4 is 4.74 Å². The van der Waals surface area contributed by atoms with Gasteiger partial charge in [-0.2, -0.15) is 0 Å². The molecule has 2 rings (SSSR count). The summed E-state index contributed by atoms with van der Waals surface area (Å²) in [5, 5.41) is 0. The summed E-state index contributed by atoms with van der Waals surface area (Å²) in [6, 6.07) is 6.21. The number of fused-ring (bicyclic) bond motifs is 1. The molecule has 1 aliphatic carbocycles. The van der Waals surface area contributed by atoms with E-state index < -0.39 is 0 Å². The second kappa shape index (κ2) is 3.65. The van der Waals surface area contributed by atoms with E-state index in [0.717, 1.165) is 18.8 Å². The molecule has 67 valence electrons. The Labute approximate surface area is 79.0 Å². The maximum Gasteiger partial charge on any atom is 0.119 e. The van der Waals surface area contributed by atoms with Gasteiger partial charge in [-0.25, -0.2) is 0 Å². The highest BCUT2D eigenvalue weighted by Crippen LogP contribution is 2.25. The topological polar surface area (TPSA) is 9.23 Å². The molecule has 0 aliphatic heterocycles. The standard InChI is InChI=1S/C12H13O/c1-2-8-13-12-7-6-10-4-3-5-11(10)9-12/h3-7,9H,2,8H2,1H3. The van der Waals surface area contributed by atoms with Gasteiger partial charge in [0.2, 0.25) is 0 Å². The number of benzene rings is 1. The van der Waals surface area contributed by atoms with Gasteiger partial charge in [0.15, 0.2) is 0 Å². The van der Waals surface area contributed by atoms with Gasteiger partial charge in [0.25, 0.3) is 0 Å². The third kappa shape index (κ3) is 1.74. The highest BCUT2D eigenvalue weighted by molar-refractivity contribution is 5.65. The number of hydrogen-bond acceptors (Lipinski definition) is 1. The molecular formula is C12H13O. The van der Waals surface area contributed by atoms with Gasteiger partial charge in [-0.15, -0.1) is 0 Å². The molecule has 1 radical (unpaired) electrons. The Morgan fingerprint density at radius 2 is 2.15 bits per heavy atom. The molecule has 1 aliphatic rings. The van der Waals surface area contributed by atoms with Crippen LogP contribution >= 0.6 is 0 Å². The fourth-order valence-corrected chi connectivity index (χ4v) is 1.41. The van der Waals surface area contributed by atoms with Crippen LogP contribution in [0.1, 0.15) is 24.5 Å². The van der Waals surface area contributed by atoms with E-state index >= 15 is 0 Å². The Morgan fingerprint density at radius 1 is 1.23 bits per heavy atom. The minimum Gasteiger partial charge on any atom is -0.494 e. The number of allylic oxidation sites excluding steroid dienone is 1. The molecule has 0 atom stereocenters. The van der Waals surface area contributed by atoms with Crippen molar-refractivity contribution in [3.8, 4) is 5.75 Å². The summed E-state index contributed by atoms with van der Waals surface area (Å²) < 4.78 is 5.53. The van der Waals surface area contributed by atoms with Crippen LogP contribution in [0.25, 0.3) is 6.08 Å². The SMILES string of the molecule is CCCOc1ccc2c(c1)[CH]C=C2. The molecule has 1 nitrogen and oxygen atoms in total. The molecule has 0 N–H and O–H groups in total. The maximum atomic E-state index is 5.53. The first-order chi connectivity index (χ1) is 6.40. The Hall–Kier alpha value is -1.24. The number of ether oxygens (including phenoxy) is 1. The van der Waals surface area contributed by atoms with Gasteiger partial charge >= 0.3 is 0 Å². The average Bonchev–Trinajstić information content (AvgIpc) is 2.61. The van der Waals surface area contributed by atoms with Crippen LogP contribution in [0.5, 0.6) is 5.75 Å². The molecule has 0 amide bonds. The molecule has 0 bridgehead atoms. The second-order valence-electron chi connectivity index (χ2n) is 3.16. The minimum absolute atomic E-state index is 0.798. The molecule has 1 aromatic carbocycles. The maximum absolute atomic E-state index is 5.53. The summed E-state index contributed by atoms with van der Waals surface area (Å²) in [5.41, 5.74) is 2.54. The van der Waals surface area contributed by atoms with E-state index in [0.29, 0.717) is 0 Å². The Kier molecular flexibility index (Phi) is 2.35. The fourth-order valence-electron chi connectivity index (χ4n) is 1.41. The highest BCUT2D eigenvalue weighted by Gasteiger charge is 2.05. The first kappa shape index (κ1) is 8.36. The Balaban J connectivity index is 2.14. The van der Waals surface area contributed by atoms with E-state index in [9.17, 15) is 0 Å². The third-order valence-electron chi connectivity index (χ3n) is 2.08. The van der Waals surface area contributed by atoms with Gasteiger partial charge < -0.3 is 4.74 Å². The van der Waals surface area contributed by atoms with Gasteiger partial charge in [-0.05, 0) is 29.7 Å². The van der Waals surface area contributed by atoms with Gasteiger partial charge in [0, 0.05) is 6.42 Å². The molecule has 0 unspecified atom stereocenters. The largest absolute Gasteiger partial charge is 0.494 e. The molecule has 0 saturated carbocycles. The van der Waals surface area contributed by atoms with E-state index in [1.165, 1.54) is 11.1 Å². The van der Waals surface area contributed by atoms with E-state index in [2.05, 4.69) is 37.6 Å². The molecule has 1 heteroatoms. The molecule has 0 aromatic heterocycles. The molecular weight excluding hydrogens is 160 g/mol. The third-order valence-corrected chi connectivity index (χ3v) is 2.08. The lowest BCUT2D eigenvalue weighted by atomic mass is 10.1. The van der Waals surface area contributed by atoms with Crippen LogP contribution in [-0.4, -0.2) is 6.61 Å². The summed E-state index contributed by atoms with van der Waals surface area (Å²) in [6.07, 6.45) is 7.33. The van der Waals surface area contributed by atoms with Crippen molar-refractivity contribution in [2.75, 3.05) is 6.61 Å². The van der Waals surface area contributed by atoms with Crippen molar-refractivity contribution in [2.24, 2.45) is 0 Å². The first-order valence-electron chi connectivity index (χ1n) is 4.68. The van der Waals surface area contributed by atoms with Gasteiger partial charge in [-0.3, -0.25) is 0 Å². The van der Waals surface area contributed by atoms with Crippen molar-refractivity contribution in [2.45, 2.75) is 13.3 Å². The predicted molar refractivity (Wildman–Crippen MR) is 54.7 cm³/mol. The van der Waals surface area contributed by atoms with Crippen LogP contribution in [0.2, 0.25) is 0 Å². The van der Waals surface area contributed by atoms with Crippen molar-refractivity contribution in [3.63, 3.8) is 0 Å². The Morgan fingerprint density at radius 3 is 3.00 bits per heavy atom. The first-order valence-corrected chi connectivity index (χ1v) is 4.68. The minimum atomic E-state index is 0.798. The lowest BCUT2D eigenvalue weighted by Gasteiger charge is -2.06. The van der Waals surface area contributed by atoms with Gasteiger partial charge in [-0.1, -0.05) is 25.1 Å². The van der Waals surface area contributed by atoms with Crippen LogP contribution in [0.4, 0.5) is 0 Å². The van der Waals surface area contributed by atoms with Gasteiger partial charge in [0.05, 0.1) is 6.61 Å². The second-order valence-corrected chi connectivity index (χ2v) is 3.16. The molecule has 0 spiro atoms. The molecule has 0 heterocycles. The van der Waals surface area contributed by atoms with Gasteiger partial charge in [0.1, 0.15) is 5.75 Å². The van der Waals surface area contributed by atoms with E-state index in [1.54, 1.807) is 0 Å². The smallest absolute Gasteiger partial charge is 0.119 e. The van der Waals surface area contributed by atoms with Crippen LogP contribution in [-0.2, 0) is 0 Å². The molecule has 13 heavy (non-hydrogen) atoms. The summed E-state index contributed by atoms with van der Waals surface area (Å²) >= 11 is 0. The van der Waals surface area contributed by atoms with Crippen LogP contribution in [0.15, 0.2) is 24.3 Å². The molecule has 0 saturated heterocycles. The predicted octanol–water partition coefficient (Wildman–Crippen LogP) is 3.05. The summed E-state index contributed by atoms with van der Waals surface area (Å²) in [7, 11) is 0. The lowest BCUT2D eigenvalue weighted by Crippen LogP contribution is -1.95. The monoisotopic (exact) mass is 173 g/mol. The fraction of sp³-hybridized carbons (Fsp3) is 0.250. The van der Waals surface area contributed by atoms with Crippen molar-refractivity contribution in [1.82, 2.24) is 0 Å². The quantitative estimate of drug-likeness (QED) is 0.682. The summed E-state index contributed by atoms with van der Waals surface area (Å²) in [6.45, 7) is 2.91. The Bertz CT molecular complexity index is 326. The van der Waals surface area contributed by atoms with Crippen molar-refractivity contribution in [1.29, 1.82) is 0 Å². The average molecular weight is 173 g/mol. The summed E-state index contributed by atoms with van der Waals surface area (Å²) in [5.74, 6) is 0.973. The van der Waals surface area contributed by atoms with Crippen molar-refractivity contribution >= 4 is 6.08 Å². The van der Waals surface area contributed by atoms with Crippen LogP contribution in [0.3, 0.4) is 0 Å². The van der Waals surface area contributed by atoms with E-state index in [1.807, 2.05) is 6.07 Å². The highest BCUT2D eigenvalue weighted by atomic mass is 16.5. The van der Waals surface area contributed by atoms with E-state index in [-0.39, 0.29) is 0 Å². The zero-order valence-electron chi connectivity index (χ0n) is 7.79. The zero-order chi connectivity index (χ0) is 9.10.